The third kappa shape index (κ3) is 13.3. The van der Waals surface area contributed by atoms with Crippen LogP contribution in [-0.2, 0) is 22.5 Å². The molecule has 5 N–H and O–H groups in total. The van der Waals surface area contributed by atoms with Gasteiger partial charge in [-0.15, -0.1) is 0 Å². The number of carbonyl (C=O) groups is 2. The van der Waals surface area contributed by atoms with Crippen molar-refractivity contribution in [3.8, 4) is 22.6 Å². The number of phenols is 1. The number of hydrogen-bond acceptors (Lipinski definition) is 9. The molecule has 4 aromatic carbocycles. The van der Waals surface area contributed by atoms with Crippen molar-refractivity contribution in [2.24, 2.45) is 0 Å². The van der Waals surface area contributed by atoms with Gasteiger partial charge in [-0.2, -0.15) is 13.2 Å². The van der Waals surface area contributed by atoms with Crippen LogP contribution in [0.3, 0.4) is 0 Å². The Hall–Kier alpha value is -5.90. The summed E-state index contributed by atoms with van der Waals surface area (Å²) in [5.74, 6) is -2.24. The summed E-state index contributed by atoms with van der Waals surface area (Å²) >= 11 is 0. The molecule has 59 heavy (non-hydrogen) atoms. The zero-order valence-corrected chi connectivity index (χ0v) is 32.9. The van der Waals surface area contributed by atoms with Gasteiger partial charge in [0.25, 0.3) is 0 Å². The predicted molar refractivity (Wildman–Crippen MR) is 216 cm³/mol. The van der Waals surface area contributed by atoms with E-state index in [-0.39, 0.29) is 17.4 Å². The Bertz CT molecular complexity index is 2220. The van der Waals surface area contributed by atoms with Crippen molar-refractivity contribution in [2.75, 3.05) is 45.7 Å². The number of amides is 1. The maximum atomic E-state index is 13.0. The average Bonchev–Trinajstić information content (AvgIpc) is 3.20. The van der Waals surface area contributed by atoms with Gasteiger partial charge in [0.2, 0.25) is 5.56 Å². The van der Waals surface area contributed by atoms with E-state index in [1.54, 1.807) is 12.1 Å². The highest BCUT2D eigenvalue weighted by atomic mass is 19.4. The Morgan fingerprint density at radius 2 is 1.61 bits per heavy atom. The van der Waals surface area contributed by atoms with E-state index in [0.717, 1.165) is 83.4 Å². The topological polar surface area (TPSA) is 173 Å². The lowest BCUT2D eigenvalue weighted by atomic mass is 9.99. The lowest BCUT2D eigenvalue weighted by molar-refractivity contribution is -0.896. The van der Waals surface area contributed by atoms with Gasteiger partial charge in [0.05, 0.1) is 51.1 Å². The molecule has 1 atom stereocenters. The molecule has 15 heteroatoms. The Morgan fingerprint density at radius 3 is 2.29 bits per heavy atom. The van der Waals surface area contributed by atoms with E-state index in [1.165, 1.54) is 12.1 Å². The molecule has 6 rings (SSSR count). The number of piperidine rings is 1. The first-order valence-electron chi connectivity index (χ1n) is 19.3. The zero-order valence-electron chi connectivity index (χ0n) is 32.9. The number of fused-ring (bicyclic) bond motifs is 1. The minimum atomic E-state index is -5.19. The van der Waals surface area contributed by atoms with E-state index in [2.05, 4.69) is 47.9 Å². The maximum Gasteiger partial charge on any atom is 0.430 e. The third-order valence-electron chi connectivity index (χ3n) is 10.0. The van der Waals surface area contributed by atoms with Crippen LogP contribution in [0.5, 0.6) is 11.5 Å². The normalized spacial score (nSPS) is 14.5. The molecule has 12 nitrogen and oxygen atoms in total. The van der Waals surface area contributed by atoms with Gasteiger partial charge >= 0.3 is 12.3 Å². The van der Waals surface area contributed by atoms with Crippen LogP contribution in [-0.4, -0.2) is 84.4 Å². The van der Waals surface area contributed by atoms with E-state index in [1.807, 2.05) is 54.6 Å². The Labute approximate surface area is 339 Å². The number of carbonyl (C=O) groups excluding carboxylic acids is 2. The minimum Gasteiger partial charge on any atom is -0.542 e. The van der Waals surface area contributed by atoms with Crippen molar-refractivity contribution >= 4 is 28.7 Å². The number of carboxylic acids is 1. The third-order valence-corrected chi connectivity index (χ3v) is 10.0. The standard InChI is InChI=1S/C42H48N4O6.C2HF3O2/c1-46(2)23-21-33(22-24-46)52-42(50)44-37-26-29(13-16-34(37)31-9-4-3-5-10-31)8-6-7-25-51-32-14-11-30(12-15-32)27-43-28-39(48)35-17-19-38(47)41-36(35)18-20-40(49)45-41;3-2(4,5)1(6)7/h3-5,9-20,26,33,39,43,48H,6-8,21-25,27-28H2,1-2H3,(H2-,44,45,47,49,50);(H,6,7)/t39-;/m0./s1. The van der Waals surface area contributed by atoms with E-state index in [9.17, 15) is 33.0 Å². The second kappa shape index (κ2) is 20.2. The summed E-state index contributed by atoms with van der Waals surface area (Å²) in [5, 5.41) is 36.6. The van der Waals surface area contributed by atoms with E-state index >= 15 is 0 Å². The van der Waals surface area contributed by atoms with Crippen LogP contribution in [0.4, 0.5) is 23.7 Å². The number of nitrogens with zero attached hydrogens (tertiary/aromatic N) is 1. The van der Waals surface area contributed by atoms with E-state index in [0.29, 0.717) is 36.2 Å². The maximum absolute atomic E-state index is 13.0. The summed E-state index contributed by atoms with van der Waals surface area (Å²) in [6, 6.07) is 30.4. The first kappa shape index (κ1) is 44.2. The zero-order chi connectivity index (χ0) is 42.6. The molecule has 0 saturated carbocycles. The number of likely N-dealkylation sites (tertiary alicyclic amines) is 1. The van der Waals surface area contributed by atoms with Crippen molar-refractivity contribution in [1.29, 1.82) is 0 Å². The van der Waals surface area contributed by atoms with E-state index < -0.39 is 24.3 Å². The number of halogens is 3. The fraction of sp³-hybridized carbons (Fsp3) is 0.341. The Kier molecular flexibility index (Phi) is 15.1. The number of quaternary nitrogens is 1. The van der Waals surface area contributed by atoms with Crippen LogP contribution >= 0.6 is 0 Å². The number of nitrogens with one attached hydrogen (secondary N) is 3. The van der Waals surface area contributed by atoms with Crippen LogP contribution in [0.25, 0.3) is 22.0 Å². The number of pyridine rings is 1. The van der Waals surface area contributed by atoms with Crippen LogP contribution in [0.1, 0.15) is 48.5 Å². The predicted octanol–water partition coefficient (Wildman–Crippen LogP) is 6.21. The smallest absolute Gasteiger partial charge is 0.430 e. The molecule has 0 radical (unpaired) electrons. The van der Waals surface area contributed by atoms with Crippen molar-refractivity contribution in [3.63, 3.8) is 0 Å². The summed E-state index contributed by atoms with van der Waals surface area (Å²) in [7, 11) is 4.42. The molecule has 1 aromatic heterocycles. The molecule has 0 spiro atoms. The molecule has 5 aromatic rings. The number of benzene rings is 4. The second-order valence-electron chi connectivity index (χ2n) is 15.0. The van der Waals surface area contributed by atoms with Gasteiger partial charge in [-0.1, -0.05) is 60.7 Å². The molecule has 1 fully saturated rings. The Balaban J connectivity index is 0.000000867. The summed E-state index contributed by atoms with van der Waals surface area (Å²) in [6.45, 7) is 3.43. The number of aliphatic carboxylic acids is 1. The van der Waals surface area contributed by atoms with E-state index in [4.69, 9.17) is 19.4 Å². The quantitative estimate of drug-likeness (QED) is 0.0645. The largest absolute Gasteiger partial charge is 0.542 e. The number of H-pyrrole nitrogens is 1. The highest BCUT2D eigenvalue weighted by Crippen LogP contribution is 2.31. The molecule has 1 amide bonds. The molecular weight excluding hydrogens is 769 g/mol. The number of aromatic hydroxyl groups is 1. The molecular formula is C44H49F3N4O8. The number of hydrogen-bond donors (Lipinski definition) is 5. The average molecular weight is 819 g/mol. The lowest BCUT2D eigenvalue weighted by Crippen LogP contribution is -2.48. The molecule has 0 bridgehead atoms. The number of carboxylic acid groups (broad SMARTS) is 1. The number of rotatable bonds is 14. The van der Waals surface area contributed by atoms with Gasteiger partial charge < -0.3 is 44.4 Å². The highest BCUT2D eigenvalue weighted by Gasteiger charge is 2.29. The number of ether oxygens (including phenoxy) is 2. The van der Waals surface area contributed by atoms with Crippen molar-refractivity contribution in [1.82, 2.24) is 10.3 Å². The van der Waals surface area contributed by atoms with Gasteiger partial charge in [-0.3, -0.25) is 10.1 Å². The van der Waals surface area contributed by atoms with Gasteiger partial charge in [0, 0.05) is 42.9 Å². The number of aliphatic hydroxyl groups excluding tert-OH is 1. The summed E-state index contributed by atoms with van der Waals surface area (Å²) in [6.07, 6.45) is -2.08. The summed E-state index contributed by atoms with van der Waals surface area (Å²) in [5.41, 5.74) is 5.58. The number of aromatic amines is 1. The number of aryl methyl sites for hydroxylation is 1. The molecule has 314 valence electrons. The van der Waals surface area contributed by atoms with Gasteiger partial charge in [0.15, 0.2) is 0 Å². The number of aromatic nitrogens is 1. The summed E-state index contributed by atoms with van der Waals surface area (Å²) < 4.78 is 44.4. The number of unbranched alkanes of at least 4 members (excludes halogenated alkanes) is 1. The first-order chi connectivity index (χ1) is 28.1. The molecule has 1 aliphatic heterocycles. The lowest BCUT2D eigenvalue weighted by Gasteiger charge is -2.36. The Morgan fingerprint density at radius 1 is 0.932 bits per heavy atom. The SMILES string of the molecule is C[N+]1(C)CCC(OC(=O)Nc2cc(CCCCOc3ccc(CNC[C@H](O)c4ccc(O)c5[nH]c(=O)ccc45)cc3)ccc2-c2ccccc2)CC1.O=C([O-])C(F)(F)F. The number of aliphatic hydroxyl groups is 1. The molecule has 0 unspecified atom stereocenters. The number of alkyl halides is 3. The van der Waals surface area contributed by atoms with Gasteiger partial charge in [-0.05, 0) is 71.8 Å². The first-order valence-corrected chi connectivity index (χ1v) is 19.3. The molecule has 2 heterocycles. The highest BCUT2D eigenvalue weighted by molar-refractivity contribution is 5.92. The molecule has 1 saturated heterocycles. The van der Waals surface area contributed by atoms with Gasteiger partial charge in [-0.25, -0.2) is 4.79 Å². The second-order valence-corrected chi connectivity index (χ2v) is 15.0. The number of phenolic OH excluding ortho intramolecular Hbond substituents is 1. The monoisotopic (exact) mass is 818 g/mol. The van der Waals surface area contributed by atoms with Crippen LogP contribution in [0, 0.1) is 0 Å². The molecule has 1 aliphatic rings. The van der Waals surface area contributed by atoms with Crippen LogP contribution in [0.2, 0.25) is 0 Å². The summed E-state index contributed by atoms with van der Waals surface area (Å²) in [4.78, 5) is 36.1. The minimum absolute atomic E-state index is 0.0342. The van der Waals surface area contributed by atoms with Crippen molar-refractivity contribution < 1.29 is 52.0 Å². The van der Waals surface area contributed by atoms with Gasteiger partial charge in [0.1, 0.15) is 23.6 Å². The fourth-order valence-electron chi connectivity index (χ4n) is 6.71. The van der Waals surface area contributed by atoms with Crippen LogP contribution < -0.4 is 26.0 Å². The van der Waals surface area contributed by atoms with Crippen molar-refractivity contribution in [2.45, 2.75) is 57.0 Å². The fourth-order valence-corrected chi connectivity index (χ4v) is 6.71. The number of anilines is 1. The molecule has 0 aliphatic carbocycles. The van der Waals surface area contributed by atoms with Crippen molar-refractivity contribution in [3.05, 3.63) is 124 Å². The van der Waals surface area contributed by atoms with Crippen LogP contribution in [0.15, 0.2) is 102 Å².